The second kappa shape index (κ2) is 16.8. The Morgan fingerprint density at radius 1 is 1.35 bits per heavy atom. The molecule has 0 spiro atoms. The van der Waals surface area contributed by atoms with Gasteiger partial charge in [0.25, 0.3) is 0 Å². The van der Waals surface area contributed by atoms with Crippen molar-refractivity contribution in [3.8, 4) is 0 Å². The summed E-state index contributed by atoms with van der Waals surface area (Å²) in [6, 6.07) is 3.83. The number of carbonyl (C=O) groups is 1. The maximum absolute atomic E-state index is 10.4. The lowest BCUT2D eigenvalue weighted by Crippen LogP contribution is -2.37. The molecule has 2 aromatic rings. The molecular formula is C23H40N8O2S. The summed E-state index contributed by atoms with van der Waals surface area (Å²) in [6.07, 6.45) is 5.33. The van der Waals surface area contributed by atoms with Gasteiger partial charge in [0.1, 0.15) is 16.2 Å². The van der Waals surface area contributed by atoms with E-state index in [1.807, 2.05) is 32.9 Å². The van der Waals surface area contributed by atoms with Crippen LogP contribution in [-0.4, -0.2) is 85.6 Å². The highest BCUT2D eigenvalue weighted by Gasteiger charge is 2.10. The Kier molecular flexibility index (Phi) is 14.5. The summed E-state index contributed by atoms with van der Waals surface area (Å²) >= 11 is 1.50. The summed E-state index contributed by atoms with van der Waals surface area (Å²) < 4.78 is 5.38. The van der Waals surface area contributed by atoms with Crippen LogP contribution in [0.2, 0.25) is 0 Å². The Bertz CT molecular complexity index is 874. The summed E-state index contributed by atoms with van der Waals surface area (Å²) in [4.78, 5) is 28.1. The topological polar surface area (TPSA) is 121 Å². The first kappa shape index (κ1) is 29.3. The highest BCUT2D eigenvalue weighted by molar-refractivity contribution is 7.21. The molecule has 0 aromatic carbocycles. The number of hydrogen-bond acceptors (Lipinski definition) is 8. The first-order valence-corrected chi connectivity index (χ1v) is 12.4. The molecule has 1 saturated heterocycles. The third-order valence-corrected chi connectivity index (χ3v) is 5.51. The lowest BCUT2D eigenvalue weighted by molar-refractivity contribution is -0.128. The highest BCUT2D eigenvalue weighted by Crippen LogP contribution is 2.24. The normalized spacial score (nSPS) is 14.4. The number of guanidine groups is 1. The number of thiazole rings is 1. The van der Waals surface area contributed by atoms with Crippen LogP contribution in [0, 0.1) is 0 Å². The van der Waals surface area contributed by atoms with Crippen molar-refractivity contribution in [1.29, 1.82) is 0 Å². The first-order valence-electron chi connectivity index (χ1n) is 11.6. The molecule has 3 rings (SSSR count). The van der Waals surface area contributed by atoms with Crippen molar-refractivity contribution in [3.05, 3.63) is 30.2 Å². The van der Waals surface area contributed by atoms with Crippen LogP contribution in [0.5, 0.6) is 0 Å². The van der Waals surface area contributed by atoms with Crippen LogP contribution in [-0.2, 0) is 9.53 Å². The number of aliphatic imine (C=N–C) groups is 1. The zero-order chi connectivity index (χ0) is 25.3. The Labute approximate surface area is 207 Å². The third-order valence-electron chi connectivity index (χ3n) is 4.61. The van der Waals surface area contributed by atoms with Crippen molar-refractivity contribution in [1.82, 2.24) is 25.1 Å². The molecule has 34 heavy (non-hydrogen) atoms. The number of pyridine rings is 1. The van der Waals surface area contributed by atoms with E-state index >= 15 is 0 Å². The van der Waals surface area contributed by atoms with Crippen LogP contribution in [0.25, 0.3) is 10.3 Å². The van der Waals surface area contributed by atoms with Gasteiger partial charge in [-0.3, -0.25) is 14.7 Å². The fraction of sp³-hybridized carbons (Fsp3) is 0.565. The zero-order valence-electron chi connectivity index (χ0n) is 21.3. The molecule has 0 atom stereocenters. The molecule has 2 aromatic heterocycles. The van der Waals surface area contributed by atoms with Gasteiger partial charge in [0.2, 0.25) is 5.91 Å². The average Bonchev–Trinajstić information content (AvgIpc) is 3.28. The molecule has 0 bridgehead atoms. The largest absolute Gasteiger partial charge is 0.379 e. The predicted octanol–water partition coefficient (Wildman–Crippen LogP) is 2.71. The van der Waals surface area contributed by atoms with E-state index < -0.39 is 0 Å². The smallest absolute Gasteiger partial charge is 0.221 e. The second-order valence-corrected chi connectivity index (χ2v) is 8.19. The molecule has 4 N–H and O–H groups in total. The number of nitrogens with two attached hydrogens (primary N) is 1. The fourth-order valence-corrected chi connectivity index (χ4v) is 3.62. The minimum Gasteiger partial charge on any atom is -0.379 e. The van der Waals surface area contributed by atoms with Gasteiger partial charge in [-0.2, -0.15) is 0 Å². The second-order valence-electron chi connectivity index (χ2n) is 7.21. The summed E-state index contributed by atoms with van der Waals surface area (Å²) in [7, 11) is 5.16. The number of anilines is 1. The van der Waals surface area contributed by atoms with Crippen molar-refractivity contribution in [3.63, 3.8) is 0 Å². The molecule has 10 nitrogen and oxygen atoms in total. The van der Waals surface area contributed by atoms with Crippen LogP contribution < -0.4 is 16.4 Å². The van der Waals surface area contributed by atoms with Gasteiger partial charge in [-0.1, -0.05) is 32.1 Å². The molecule has 11 heteroatoms. The van der Waals surface area contributed by atoms with Gasteiger partial charge in [0, 0.05) is 53.4 Å². The molecule has 1 amide bonds. The van der Waals surface area contributed by atoms with E-state index in [1.165, 1.54) is 11.3 Å². The lowest BCUT2D eigenvalue weighted by atomic mass is 10.3. The quantitative estimate of drug-likeness (QED) is 0.398. The number of morpholine rings is 1. The number of fused-ring (bicyclic) bond motifs is 1. The summed E-state index contributed by atoms with van der Waals surface area (Å²) in [5.74, 6) is 1.31. The lowest BCUT2D eigenvalue weighted by Gasteiger charge is -2.26. The number of rotatable bonds is 7. The highest BCUT2D eigenvalue weighted by atomic mass is 32.1. The van der Waals surface area contributed by atoms with Gasteiger partial charge in [0.15, 0.2) is 11.1 Å². The number of hydrogen-bond donors (Lipinski definition) is 3. The van der Waals surface area contributed by atoms with E-state index in [1.54, 1.807) is 32.2 Å². The molecule has 0 radical (unpaired) electrons. The molecule has 0 saturated carbocycles. The van der Waals surface area contributed by atoms with Gasteiger partial charge in [-0.05, 0) is 24.6 Å². The van der Waals surface area contributed by atoms with Crippen LogP contribution >= 0.6 is 11.3 Å². The minimum absolute atomic E-state index is 0.181. The van der Waals surface area contributed by atoms with Gasteiger partial charge in [-0.15, -0.1) is 0 Å². The molecule has 3 heterocycles. The Morgan fingerprint density at radius 3 is 2.62 bits per heavy atom. The van der Waals surface area contributed by atoms with Gasteiger partial charge >= 0.3 is 0 Å². The van der Waals surface area contributed by atoms with E-state index in [0.717, 1.165) is 60.6 Å². The predicted molar refractivity (Wildman–Crippen MR) is 142 cm³/mol. The van der Waals surface area contributed by atoms with E-state index in [0.29, 0.717) is 12.4 Å². The van der Waals surface area contributed by atoms with Crippen molar-refractivity contribution in [2.24, 2.45) is 10.7 Å². The van der Waals surface area contributed by atoms with E-state index in [2.05, 4.69) is 36.6 Å². The van der Waals surface area contributed by atoms with E-state index in [-0.39, 0.29) is 5.91 Å². The number of aromatic nitrogens is 2. The minimum atomic E-state index is 0.181. The van der Waals surface area contributed by atoms with Crippen molar-refractivity contribution >= 4 is 38.7 Å². The number of amides is 1. The van der Waals surface area contributed by atoms with Crippen molar-refractivity contribution in [2.75, 3.05) is 59.3 Å². The van der Waals surface area contributed by atoms with Crippen LogP contribution in [0.3, 0.4) is 0 Å². The summed E-state index contributed by atoms with van der Waals surface area (Å²) in [5, 5.41) is 7.13. The summed E-state index contributed by atoms with van der Waals surface area (Å²) in [5.41, 5.74) is 6.69. The Balaban J connectivity index is 0.000000553. The molecule has 0 unspecified atom stereocenters. The van der Waals surface area contributed by atoms with Gasteiger partial charge in [-0.25, -0.2) is 9.97 Å². The molecule has 0 aliphatic carbocycles. The standard InChI is InChI=1S/C16H23N7OS.C5H11NO.C2H6/c1-18-15(17)21-13(5-3-7-23-8-10-24-11-9-23)22-16-20-12-4-2-6-19-14(12)25-16;1-4-5(7)6(2)3;1-2/h2,4-6H,3,7-11H2,1H3,(H,20,22)(H3,17,18,21);4H2,1-3H3;1-2H3/b13-5+;;. The van der Waals surface area contributed by atoms with Crippen LogP contribution in [0.15, 0.2) is 35.2 Å². The average molecular weight is 493 g/mol. The molecule has 190 valence electrons. The number of nitrogens with one attached hydrogen (secondary N) is 2. The number of nitrogens with zero attached hydrogens (tertiary/aromatic N) is 5. The van der Waals surface area contributed by atoms with Crippen molar-refractivity contribution < 1.29 is 9.53 Å². The van der Waals surface area contributed by atoms with E-state index in [4.69, 9.17) is 10.5 Å². The number of ether oxygens (including phenoxy) is 1. The molecule has 1 fully saturated rings. The van der Waals surface area contributed by atoms with Crippen molar-refractivity contribution in [2.45, 2.75) is 33.6 Å². The SMILES string of the molecule is CC.CCC(=O)N(C)C.CN=C(N)N/C(=C\CCN1CCOCC1)Nc1nc2cccnc2s1. The molecule has 1 aliphatic heterocycles. The fourth-order valence-electron chi connectivity index (χ4n) is 2.80. The van der Waals surface area contributed by atoms with Gasteiger partial charge < -0.3 is 26.0 Å². The molecule has 1 aliphatic rings. The molecular weight excluding hydrogens is 452 g/mol. The van der Waals surface area contributed by atoms with Gasteiger partial charge in [0.05, 0.1) is 13.2 Å². The van der Waals surface area contributed by atoms with Crippen LogP contribution in [0.1, 0.15) is 33.6 Å². The Morgan fingerprint density at radius 2 is 2.06 bits per heavy atom. The van der Waals surface area contributed by atoms with E-state index in [9.17, 15) is 4.79 Å². The third kappa shape index (κ3) is 10.9. The monoisotopic (exact) mass is 492 g/mol. The first-order chi connectivity index (χ1) is 16.4. The Hall–Kier alpha value is -2.76. The number of carbonyl (C=O) groups excluding carboxylic acids is 1. The van der Waals surface area contributed by atoms with Crippen LogP contribution in [0.4, 0.5) is 5.13 Å². The maximum Gasteiger partial charge on any atom is 0.221 e. The maximum atomic E-state index is 10.4. The summed E-state index contributed by atoms with van der Waals surface area (Å²) in [6.45, 7) is 10.4. The zero-order valence-corrected chi connectivity index (χ0v) is 22.1.